The molecule has 98 valence electrons. The number of amides is 1. The van der Waals surface area contributed by atoms with Crippen LogP contribution in [0.1, 0.15) is 33.6 Å². The number of fused-ring (bicyclic) bond motifs is 1. The number of carbonyl (C=O) groups is 1. The first-order chi connectivity index (χ1) is 9.16. The molecule has 0 saturated heterocycles. The molecule has 4 nitrogen and oxygen atoms in total. The third-order valence-electron chi connectivity index (χ3n) is 3.52. The van der Waals surface area contributed by atoms with Crippen LogP contribution in [0.5, 0.6) is 0 Å². The molecule has 0 atom stereocenters. The van der Waals surface area contributed by atoms with Crippen LogP contribution in [-0.2, 0) is 6.42 Å². The van der Waals surface area contributed by atoms with Crippen LogP contribution in [0.15, 0.2) is 17.5 Å². The molecule has 0 radical (unpaired) electrons. The Hall–Kier alpha value is -1.75. The number of carbonyl (C=O) groups excluding carboxylic acids is 1. The lowest BCUT2D eigenvalue weighted by molar-refractivity contribution is 0.0980. The molecule has 1 amide bonds. The van der Waals surface area contributed by atoms with Crippen LogP contribution in [0.3, 0.4) is 0 Å². The lowest BCUT2D eigenvalue weighted by atomic mass is 9.95. The Labute approximate surface area is 116 Å². The van der Waals surface area contributed by atoms with Gasteiger partial charge in [0.1, 0.15) is 0 Å². The predicted molar refractivity (Wildman–Crippen MR) is 75.8 cm³/mol. The van der Waals surface area contributed by atoms with Gasteiger partial charge in [-0.3, -0.25) is 4.79 Å². The summed E-state index contributed by atoms with van der Waals surface area (Å²) in [6.45, 7) is 4.94. The molecule has 1 aliphatic heterocycles. The number of benzene rings is 1. The number of hydrogen-bond acceptors (Lipinski definition) is 4. The molecule has 3 rings (SSSR count). The molecular formula is C14H15N3OS. The molecule has 5 heteroatoms. The highest BCUT2D eigenvalue weighted by atomic mass is 32.1. The first kappa shape index (κ1) is 12.3. The lowest BCUT2D eigenvalue weighted by Crippen LogP contribution is -2.36. The largest absolute Gasteiger partial charge is 0.307 e. The van der Waals surface area contributed by atoms with Gasteiger partial charge in [0, 0.05) is 17.6 Å². The van der Waals surface area contributed by atoms with E-state index in [0.717, 1.165) is 25.1 Å². The second-order valence-corrected chi connectivity index (χ2v) is 5.54. The highest BCUT2D eigenvalue weighted by Crippen LogP contribution is 2.31. The molecule has 0 aliphatic carbocycles. The van der Waals surface area contributed by atoms with Gasteiger partial charge in [0.15, 0.2) is 5.69 Å². The molecule has 0 spiro atoms. The fraction of sp³-hybridized carbons (Fsp3) is 0.357. The molecule has 0 N–H and O–H groups in total. The van der Waals surface area contributed by atoms with Crippen molar-refractivity contribution in [2.24, 2.45) is 0 Å². The number of aryl methyl sites for hydroxylation is 2. The van der Waals surface area contributed by atoms with Gasteiger partial charge >= 0.3 is 0 Å². The summed E-state index contributed by atoms with van der Waals surface area (Å²) in [7, 11) is 0. The van der Waals surface area contributed by atoms with E-state index >= 15 is 0 Å². The summed E-state index contributed by atoms with van der Waals surface area (Å²) in [5.74, 6) is -0.0419. The maximum absolute atomic E-state index is 12.5. The number of hydrogen-bond donors (Lipinski definition) is 0. The Morgan fingerprint density at radius 2 is 2.21 bits per heavy atom. The van der Waals surface area contributed by atoms with Gasteiger partial charge in [-0.25, -0.2) is 0 Å². The van der Waals surface area contributed by atoms with Crippen molar-refractivity contribution in [3.8, 4) is 0 Å². The average Bonchev–Trinajstić information content (AvgIpc) is 2.91. The smallest absolute Gasteiger partial charge is 0.279 e. The fourth-order valence-corrected chi connectivity index (χ4v) is 3.11. The Bertz CT molecular complexity index is 622. The van der Waals surface area contributed by atoms with Crippen molar-refractivity contribution < 1.29 is 4.79 Å². The third kappa shape index (κ3) is 2.14. The van der Waals surface area contributed by atoms with E-state index in [0.29, 0.717) is 5.69 Å². The molecule has 0 fully saturated rings. The Morgan fingerprint density at radius 1 is 1.37 bits per heavy atom. The van der Waals surface area contributed by atoms with E-state index in [1.54, 1.807) is 5.38 Å². The summed E-state index contributed by atoms with van der Waals surface area (Å²) in [4.78, 5) is 14.3. The highest BCUT2D eigenvalue weighted by molar-refractivity contribution is 7.03. The van der Waals surface area contributed by atoms with E-state index in [2.05, 4.69) is 35.6 Å². The number of nitrogens with zero attached hydrogens (tertiary/aromatic N) is 3. The zero-order valence-corrected chi connectivity index (χ0v) is 11.8. The molecule has 1 aromatic heterocycles. The van der Waals surface area contributed by atoms with Gasteiger partial charge in [0.2, 0.25) is 0 Å². The maximum atomic E-state index is 12.5. The van der Waals surface area contributed by atoms with Gasteiger partial charge in [-0.05, 0) is 61.0 Å². The van der Waals surface area contributed by atoms with E-state index in [-0.39, 0.29) is 5.91 Å². The van der Waals surface area contributed by atoms with E-state index < -0.39 is 0 Å². The second kappa shape index (κ2) is 4.74. The Kier molecular flexibility index (Phi) is 3.06. The number of anilines is 1. The second-order valence-electron chi connectivity index (χ2n) is 4.93. The lowest BCUT2D eigenvalue weighted by Gasteiger charge is -2.30. The molecule has 2 aromatic rings. The van der Waals surface area contributed by atoms with E-state index in [4.69, 9.17) is 0 Å². The van der Waals surface area contributed by atoms with Gasteiger partial charge < -0.3 is 4.90 Å². The van der Waals surface area contributed by atoms with Gasteiger partial charge in [0.25, 0.3) is 5.91 Å². The highest BCUT2D eigenvalue weighted by Gasteiger charge is 2.26. The average molecular weight is 273 g/mol. The predicted octanol–water partition coefficient (Wildman–Crippen LogP) is 2.75. The molecule has 0 unspecified atom stereocenters. The summed E-state index contributed by atoms with van der Waals surface area (Å²) in [5.41, 5.74) is 5.23. The normalized spacial score (nSPS) is 14.3. The zero-order valence-electron chi connectivity index (χ0n) is 11.0. The van der Waals surface area contributed by atoms with Crippen molar-refractivity contribution in [1.82, 2.24) is 9.59 Å². The molecule has 1 aliphatic rings. The molecule has 0 saturated carbocycles. The van der Waals surface area contributed by atoms with Crippen LogP contribution in [0.2, 0.25) is 0 Å². The topological polar surface area (TPSA) is 46.1 Å². The minimum atomic E-state index is -0.0419. The first-order valence-electron chi connectivity index (χ1n) is 6.36. The van der Waals surface area contributed by atoms with Gasteiger partial charge in [0.05, 0.1) is 0 Å². The van der Waals surface area contributed by atoms with Crippen LogP contribution in [-0.4, -0.2) is 22.0 Å². The van der Waals surface area contributed by atoms with E-state index in [9.17, 15) is 4.79 Å². The zero-order chi connectivity index (χ0) is 13.4. The summed E-state index contributed by atoms with van der Waals surface area (Å²) in [5, 5.41) is 5.59. The third-order valence-corrected chi connectivity index (χ3v) is 4.02. The van der Waals surface area contributed by atoms with Crippen molar-refractivity contribution >= 4 is 23.1 Å². The molecule has 2 heterocycles. The van der Waals surface area contributed by atoms with Gasteiger partial charge in [-0.15, -0.1) is 5.10 Å². The van der Waals surface area contributed by atoms with E-state index in [1.165, 1.54) is 28.2 Å². The molecule has 0 bridgehead atoms. The molecule has 1 aromatic carbocycles. The summed E-state index contributed by atoms with van der Waals surface area (Å²) < 4.78 is 3.77. The number of aromatic nitrogens is 2. The summed E-state index contributed by atoms with van der Waals surface area (Å²) >= 11 is 1.21. The first-order valence-corrected chi connectivity index (χ1v) is 7.19. The van der Waals surface area contributed by atoms with Crippen molar-refractivity contribution in [3.63, 3.8) is 0 Å². The summed E-state index contributed by atoms with van der Waals surface area (Å²) in [6.07, 6.45) is 2.04. The Balaban J connectivity index is 2.05. The van der Waals surface area contributed by atoms with Crippen LogP contribution >= 0.6 is 11.5 Å². The van der Waals surface area contributed by atoms with Crippen LogP contribution in [0, 0.1) is 13.8 Å². The Morgan fingerprint density at radius 3 is 2.95 bits per heavy atom. The van der Waals surface area contributed by atoms with Crippen molar-refractivity contribution in [2.45, 2.75) is 26.7 Å². The SMILES string of the molecule is Cc1cc(C)c2c(c1)N(C(=O)c1csnn1)CCC2. The van der Waals surface area contributed by atoms with Gasteiger partial charge in [-0.1, -0.05) is 10.6 Å². The monoisotopic (exact) mass is 273 g/mol. The maximum Gasteiger partial charge on any atom is 0.279 e. The quantitative estimate of drug-likeness (QED) is 0.802. The van der Waals surface area contributed by atoms with Crippen LogP contribution in [0.25, 0.3) is 0 Å². The van der Waals surface area contributed by atoms with Crippen LogP contribution in [0.4, 0.5) is 5.69 Å². The van der Waals surface area contributed by atoms with Crippen molar-refractivity contribution in [1.29, 1.82) is 0 Å². The standard InChI is InChI=1S/C14H15N3OS/c1-9-6-10(2)11-4-3-5-17(13(11)7-9)14(18)12-8-19-16-15-12/h6-8H,3-5H2,1-2H3. The minimum absolute atomic E-state index is 0.0419. The van der Waals surface area contributed by atoms with Crippen molar-refractivity contribution in [3.05, 3.63) is 39.9 Å². The number of rotatable bonds is 1. The van der Waals surface area contributed by atoms with Gasteiger partial charge in [-0.2, -0.15) is 0 Å². The van der Waals surface area contributed by atoms with Crippen LogP contribution < -0.4 is 4.90 Å². The summed E-state index contributed by atoms with van der Waals surface area (Å²) in [6, 6.07) is 4.27. The van der Waals surface area contributed by atoms with Crippen molar-refractivity contribution in [2.75, 3.05) is 11.4 Å². The molecule has 19 heavy (non-hydrogen) atoms. The molecular weight excluding hydrogens is 258 g/mol. The van der Waals surface area contributed by atoms with E-state index in [1.807, 2.05) is 4.90 Å². The minimum Gasteiger partial charge on any atom is -0.307 e. The fourth-order valence-electron chi connectivity index (χ4n) is 2.68.